The maximum absolute atomic E-state index is 13.4. The normalized spacial score (nSPS) is 15.8. The zero-order valence-electron chi connectivity index (χ0n) is 19.3. The fraction of sp³-hybridized carbons (Fsp3) is 0.370. The molecule has 5 heteroatoms. The maximum Gasteiger partial charge on any atom is 0.226 e. The van der Waals surface area contributed by atoms with Gasteiger partial charge in [-0.15, -0.1) is 0 Å². The minimum atomic E-state index is -0.326. The van der Waals surface area contributed by atoms with Crippen LogP contribution in [0.2, 0.25) is 0 Å². The lowest BCUT2D eigenvalue weighted by molar-refractivity contribution is -0.139. The van der Waals surface area contributed by atoms with Gasteiger partial charge in [-0.3, -0.25) is 14.6 Å². The van der Waals surface area contributed by atoms with Crippen LogP contribution in [0.15, 0.2) is 54.9 Å². The first-order valence-corrected chi connectivity index (χ1v) is 11.4. The van der Waals surface area contributed by atoms with E-state index in [1.54, 1.807) is 12.4 Å². The van der Waals surface area contributed by atoms with Crippen molar-refractivity contribution in [3.05, 3.63) is 77.2 Å². The van der Waals surface area contributed by atoms with E-state index in [-0.39, 0.29) is 36.1 Å². The second-order valence-electron chi connectivity index (χ2n) is 9.19. The molecule has 0 saturated carbocycles. The zero-order valence-corrected chi connectivity index (χ0v) is 19.3. The first kappa shape index (κ1) is 22.0. The summed E-state index contributed by atoms with van der Waals surface area (Å²) in [6.07, 6.45) is 5.01. The largest absolute Gasteiger partial charge is 0.358 e. The van der Waals surface area contributed by atoms with Gasteiger partial charge in [0, 0.05) is 60.6 Å². The summed E-state index contributed by atoms with van der Waals surface area (Å²) in [6, 6.07) is 14.3. The SMILES string of the molecule is CC(C)N(C(=O)C1CC(=O)c2c([nH]c(-c3ccncc3)c2Cc2ccccc2)C1)C(C)C. The molecule has 0 fully saturated rings. The number of aromatic nitrogens is 2. The van der Waals surface area contributed by atoms with Gasteiger partial charge >= 0.3 is 0 Å². The number of nitrogens with one attached hydrogen (secondary N) is 1. The van der Waals surface area contributed by atoms with Crippen LogP contribution in [0, 0.1) is 5.92 Å². The number of aromatic amines is 1. The molecule has 1 atom stereocenters. The highest BCUT2D eigenvalue weighted by atomic mass is 16.2. The van der Waals surface area contributed by atoms with Crippen molar-refractivity contribution in [2.75, 3.05) is 0 Å². The van der Waals surface area contributed by atoms with Crippen molar-refractivity contribution in [3.63, 3.8) is 0 Å². The van der Waals surface area contributed by atoms with Gasteiger partial charge in [0.15, 0.2) is 5.78 Å². The van der Waals surface area contributed by atoms with Crippen molar-refractivity contribution in [3.8, 4) is 11.3 Å². The molecule has 4 rings (SSSR count). The maximum atomic E-state index is 13.4. The third kappa shape index (κ3) is 4.24. The van der Waals surface area contributed by atoms with E-state index in [2.05, 4.69) is 22.1 Å². The highest BCUT2D eigenvalue weighted by Gasteiger charge is 2.37. The fourth-order valence-electron chi connectivity index (χ4n) is 4.96. The number of benzene rings is 1. The molecule has 0 bridgehead atoms. The molecule has 1 N–H and O–H groups in total. The zero-order chi connectivity index (χ0) is 22.8. The number of rotatable bonds is 6. The molecule has 0 aliphatic heterocycles. The molecule has 1 aromatic carbocycles. The number of ketones is 1. The third-order valence-electron chi connectivity index (χ3n) is 6.25. The highest BCUT2D eigenvalue weighted by Crippen LogP contribution is 2.36. The topological polar surface area (TPSA) is 66.1 Å². The van der Waals surface area contributed by atoms with Crippen molar-refractivity contribution in [1.29, 1.82) is 0 Å². The number of nitrogens with zero attached hydrogens (tertiary/aromatic N) is 2. The molecule has 1 aliphatic carbocycles. The number of pyridine rings is 1. The molecule has 1 unspecified atom stereocenters. The molecule has 166 valence electrons. The number of hydrogen-bond acceptors (Lipinski definition) is 3. The van der Waals surface area contributed by atoms with E-state index in [0.717, 1.165) is 33.6 Å². The average Bonchev–Trinajstić information content (AvgIpc) is 3.13. The van der Waals surface area contributed by atoms with Gasteiger partial charge in [-0.2, -0.15) is 0 Å². The Kier molecular flexibility index (Phi) is 6.26. The predicted octanol–water partition coefficient (Wildman–Crippen LogP) is 5.06. The summed E-state index contributed by atoms with van der Waals surface area (Å²) < 4.78 is 0. The van der Waals surface area contributed by atoms with Gasteiger partial charge in [-0.25, -0.2) is 0 Å². The number of hydrogen-bond donors (Lipinski definition) is 1. The molecule has 5 nitrogen and oxygen atoms in total. The van der Waals surface area contributed by atoms with E-state index < -0.39 is 0 Å². The van der Waals surface area contributed by atoms with Crippen LogP contribution in [-0.4, -0.2) is 38.6 Å². The summed E-state index contributed by atoms with van der Waals surface area (Å²) in [6.45, 7) is 8.12. The van der Waals surface area contributed by atoms with E-state index in [9.17, 15) is 9.59 Å². The lowest BCUT2D eigenvalue weighted by Gasteiger charge is -2.35. The summed E-state index contributed by atoms with van der Waals surface area (Å²) in [5.41, 5.74) is 5.77. The van der Waals surface area contributed by atoms with Crippen LogP contribution >= 0.6 is 0 Å². The van der Waals surface area contributed by atoms with Crippen molar-refractivity contribution < 1.29 is 9.59 Å². The van der Waals surface area contributed by atoms with Crippen molar-refractivity contribution >= 4 is 11.7 Å². The molecule has 2 heterocycles. The molecule has 3 aromatic rings. The van der Waals surface area contributed by atoms with E-state index >= 15 is 0 Å². The van der Waals surface area contributed by atoms with E-state index in [1.807, 2.05) is 62.9 Å². The Balaban J connectivity index is 1.75. The van der Waals surface area contributed by atoms with Crippen LogP contribution in [0.3, 0.4) is 0 Å². The highest BCUT2D eigenvalue weighted by molar-refractivity contribution is 6.04. The quantitative estimate of drug-likeness (QED) is 0.596. The Morgan fingerprint density at radius 1 is 1.03 bits per heavy atom. The van der Waals surface area contributed by atoms with Gasteiger partial charge in [0.05, 0.1) is 11.6 Å². The number of amides is 1. The van der Waals surface area contributed by atoms with Gasteiger partial charge < -0.3 is 9.88 Å². The number of carbonyl (C=O) groups excluding carboxylic acids is 2. The predicted molar refractivity (Wildman–Crippen MR) is 127 cm³/mol. The second-order valence-corrected chi connectivity index (χ2v) is 9.19. The Hall–Kier alpha value is -3.21. The first-order valence-electron chi connectivity index (χ1n) is 11.4. The minimum absolute atomic E-state index is 0.0551. The number of Topliss-reactive ketones (excluding diaryl/α,β-unsaturated/α-hetero) is 1. The molecular formula is C27H31N3O2. The first-order chi connectivity index (χ1) is 15.4. The smallest absolute Gasteiger partial charge is 0.226 e. The van der Waals surface area contributed by atoms with Crippen LogP contribution in [-0.2, 0) is 17.6 Å². The van der Waals surface area contributed by atoms with E-state index in [1.165, 1.54) is 0 Å². The Bertz CT molecular complexity index is 1090. The summed E-state index contributed by atoms with van der Waals surface area (Å²) in [5.74, 6) is -0.202. The van der Waals surface area contributed by atoms with E-state index in [0.29, 0.717) is 12.8 Å². The summed E-state index contributed by atoms with van der Waals surface area (Å²) >= 11 is 0. The van der Waals surface area contributed by atoms with Gasteiger partial charge in [-0.1, -0.05) is 30.3 Å². The van der Waals surface area contributed by atoms with Crippen molar-refractivity contribution in [2.24, 2.45) is 5.92 Å². The third-order valence-corrected chi connectivity index (χ3v) is 6.25. The van der Waals surface area contributed by atoms with Gasteiger partial charge in [0.2, 0.25) is 5.91 Å². The second kappa shape index (κ2) is 9.11. The number of fused-ring (bicyclic) bond motifs is 1. The molecule has 32 heavy (non-hydrogen) atoms. The molecule has 0 saturated heterocycles. The number of H-pyrrole nitrogens is 1. The fourth-order valence-corrected chi connectivity index (χ4v) is 4.96. The molecule has 0 spiro atoms. The van der Waals surface area contributed by atoms with Gasteiger partial charge in [0.1, 0.15) is 0 Å². The molecule has 0 radical (unpaired) electrons. The molecule has 1 amide bonds. The van der Waals surface area contributed by atoms with Gasteiger partial charge in [0.25, 0.3) is 0 Å². The molecule has 2 aromatic heterocycles. The minimum Gasteiger partial charge on any atom is -0.358 e. The van der Waals surface area contributed by atoms with Crippen LogP contribution in [0.1, 0.15) is 61.3 Å². The van der Waals surface area contributed by atoms with Crippen LogP contribution in [0.25, 0.3) is 11.3 Å². The van der Waals surface area contributed by atoms with Crippen LogP contribution in [0.4, 0.5) is 0 Å². The Morgan fingerprint density at radius 2 is 1.69 bits per heavy atom. The van der Waals surface area contributed by atoms with Crippen molar-refractivity contribution in [2.45, 2.75) is 59.0 Å². The summed E-state index contributed by atoms with van der Waals surface area (Å²) in [7, 11) is 0. The van der Waals surface area contributed by atoms with Gasteiger partial charge in [-0.05, 0) is 51.0 Å². The molecule has 1 aliphatic rings. The summed E-state index contributed by atoms with van der Waals surface area (Å²) in [4.78, 5) is 36.3. The van der Waals surface area contributed by atoms with Crippen LogP contribution in [0.5, 0.6) is 0 Å². The van der Waals surface area contributed by atoms with Crippen LogP contribution < -0.4 is 0 Å². The van der Waals surface area contributed by atoms with E-state index in [4.69, 9.17) is 0 Å². The Labute approximate surface area is 189 Å². The van der Waals surface area contributed by atoms with Crippen molar-refractivity contribution in [1.82, 2.24) is 14.9 Å². The average molecular weight is 430 g/mol. The Morgan fingerprint density at radius 3 is 2.31 bits per heavy atom. The standard InChI is InChI=1S/C27H31N3O2/c1-17(2)30(18(3)4)27(32)21-15-23-25(24(31)16-21)22(14-19-8-6-5-7-9-19)26(29-23)20-10-12-28-13-11-20/h5-13,17-18,21,29H,14-16H2,1-4H3. The monoisotopic (exact) mass is 429 g/mol. The lowest BCUT2D eigenvalue weighted by atomic mass is 9.83. The number of carbonyl (C=O) groups is 2. The molecular weight excluding hydrogens is 398 g/mol. The lowest BCUT2D eigenvalue weighted by Crippen LogP contribution is -2.47. The summed E-state index contributed by atoms with van der Waals surface area (Å²) in [5, 5.41) is 0.